The molecule has 0 fully saturated rings. The summed E-state index contributed by atoms with van der Waals surface area (Å²) in [5, 5.41) is 0. The molecule has 5 nitrogen and oxygen atoms in total. The Kier molecular flexibility index (Phi) is 6.06. The maximum absolute atomic E-state index is 13.2. The summed E-state index contributed by atoms with van der Waals surface area (Å²) in [7, 11) is 0. The van der Waals surface area contributed by atoms with Crippen LogP contribution in [-0.2, 0) is 33.8 Å². The maximum atomic E-state index is 13.2. The summed E-state index contributed by atoms with van der Waals surface area (Å²) >= 11 is 0. The van der Waals surface area contributed by atoms with Crippen LogP contribution in [0.1, 0.15) is 23.6 Å². The molecule has 0 saturated carbocycles. The van der Waals surface area contributed by atoms with Crippen LogP contribution in [0.15, 0.2) is 42.5 Å². The molecule has 0 atom stereocenters. The number of fused-ring (bicyclic) bond motifs is 1. The number of hydrogen-bond donors (Lipinski definition) is 0. The zero-order chi connectivity index (χ0) is 19.2. The molecule has 0 bridgehead atoms. The molecular weight excluding hydrogens is 349 g/mol. The average molecular weight is 371 g/mol. The summed E-state index contributed by atoms with van der Waals surface area (Å²) in [6, 6.07) is 12.1. The van der Waals surface area contributed by atoms with Gasteiger partial charge in [0.25, 0.3) is 0 Å². The summed E-state index contributed by atoms with van der Waals surface area (Å²) in [4.78, 5) is 25.3. The second kappa shape index (κ2) is 8.66. The third kappa shape index (κ3) is 4.84. The fourth-order valence-corrected chi connectivity index (χ4v) is 3.11. The Labute approximate surface area is 157 Å². The molecule has 1 amide bonds. The summed E-state index contributed by atoms with van der Waals surface area (Å²) in [5.41, 5.74) is 2.98. The number of halogens is 1. The summed E-state index contributed by atoms with van der Waals surface area (Å²) < 4.78 is 23.8. The van der Waals surface area contributed by atoms with Gasteiger partial charge in [0.2, 0.25) is 0 Å². The molecule has 0 unspecified atom stereocenters. The lowest BCUT2D eigenvalue weighted by atomic mass is 10.0. The van der Waals surface area contributed by atoms with Gasteiger partial charge >= 0.3 is 11.9 Å². The van der Waals surface area contributed by atoms with Gasteiger partial charge in [0.15, 0.2) is 0 Å². The SMILES string of the molecule is CCOC(=O)C(=O)N1CCc2ccc(OCc3cccc(F)c3)cc2CC1. The Morgan fingerprint density at radius 1 is 1.07 bits per heavy atom. The Morgan fingerprint density at radius 3 is 2.59 bits per heavy atom. The van der Waals surface area contributed by atoms with E-state index in [-0.39, 0.29) is 19.0 Å². The smallest absolute Gasteiger partial charge is 0.397 e. The van der Waals surface area contributed by atoms with E-state index in [2.05, 4.69) is 0 Å². The van der Waals surface area contributed by atoms with E-state index in [9.17, 15) is 14.0 Å². The minimum absolute atomic E-state index is 0.185. The van der Waals surface area contributed by atoms with E-state index in [0.717, 1.165) is 16.7 Å². The molecule has 142 valence electrons. The molecule has 1 aliphatic rings. The Morgan fingerprint density at radius 2 is 1.85 bits per heavy atom. The number of carbonyl (C=O) groups is 2. The summed E-state index contributed by atoms with van der Waals surface area (Å²) in [5.74, 6) is -0.984. The highest BCUT2D eigenvalue weighted by molar-refractivity contribution is 6.32. The summed E-state index contributed by atoms with van der Waals surface area (Å²) in [6.45, 7) is 3.08. The number of rotatable bonds is 4. The van der Waals surface area contributed by atoms with Gasteiger partial charge in [0.05, 0.1) is 6.61 Å². The largest absolute Gasteiger partial charge is 0.489 e. The van der Waals surface area contributed by atoms with E-state index >= 15 is 0 Å². The molecule has 2 aromatic carbocycles. The van der Waals surface area contributed by atoms with Crippen molar-refractivity contribution in [3.8, 4) is 5.75 Å². The highest BCUT2D eigenvalue weighted by atomic mass is 19.1. The van der Waals surface area contributed by atoms with Crippen LogP contribution in [0.2, 0.25) is 0 Å². The molecule has 0 aromatic heterocycles. The van der Waals surface area contributed by atoms with Gasteiger partial charge < -0.3 is 14.4 Å². The van der Waals surface area contributed by atoms with Crippen LogP contribution in [0.4, 0.5) is 4.39 Å². The molecule has 3 rings (SSSR count). The molecule has 0 radical (unpaired) electrons. The third-order valence-corrected chi connectivity index (χ3v) is 4.51. The number of hydrogen-bond acceptors (Lipinski definition) is 4. The average Bonchev–Trinajstić information content (AvgIpc) is 2.88. The molecule has 0 N–H and O–H groups in total. The number of carbonyl (C=O) groups excluding carboxylic acids is 2. The van der Waals surface area contributed by atoms with Crippen molar-refractivity contribution < 1.29 is 23.5 Å². The third-order valence-electron chi connectivity index (χ3n) is 4.51. The van der Waals surface area contributed by atoms with Gasteiger partial charge in [-0.25, -0.2) is 9.18 Å². The fourth-order valence-electron chi connectivity index (χ4n) is 3.11. The quantitative estimate of drug-likeness (QED) is 0.613. The van der Waals surface area contributed by atoms with Gasteiger partial charge in [0, 0.05) is 13.1 Å². The van der Waals surface area contributed by atoms with Crippen molar-refractivity contribution >= 4 is 11.9 Å². The molecule has 0 aliphatic carbocycles. The van der Waals surface area contributed by atoms with Crippen molar-refractivity contribution in [2.45, 2.75) is 26.4 Å². The van der Waals surface area contributed by atoms with Gasteiger partial charge in [0.1, 0.15) is 18.2 Å². The van der Waals surface area contributed by atoms with Crippen molar-refractivity contribution in [3.63, 3.8) is 0 Å². The fraction of sp³-hybridized carbons (Fsp3) is 0.333. The van der Waals surface area contributed by atoms with Crippen LogP contribution >= 0.6 is 0 Å². The topological polar surface area (TPSA) is 55.8 Å². The van der Waals surface area contributed by atoms with Crippen molar-refractivity contribution in [2.24, 2.45) is 0 Å². The molecule has 1 heterocycles. The van der Waals surface area contributed by atoms with Crippen LogP contribution in [0.25, 0.3) is 0 Å². The van der Waals surface area contributed by atoms with Crippen molar-refractivity contribution in [1.82, 2.24) is 4.90 Å². The first-order valence-electron chi connectivity index (χ1n) is 9.02. The lowest BCUT2D eigenvalue weighted by Crippen LogP contribution is -2.39. The molecule has 1 aliphatic heterocycles. The Hall–Kier alpha value is -2.89. The first kappa shape index (κ1) is 18.9. The van der Waals surface area contributed by atoms with Crippen molar-refractivity contribution in [2.75, 3.05) is 19.7 Å². The lowest BCUT2D eigenvalue weighted by molar-refractivity contribution is -0.159. The van der Waals surface area contributed by atoms with E-state index < -0.39 is 11.9 Å². The highest BCUT2D eigenvalue weighted by Crippen LogP contribution is 2.23. The normalized spacial score (nSPS) is 13.5. The maximum Gasteiger partial charge on any atom is 0.397 e. The Balaban J connectivity index is 1.63. The van der Waals surface area contributed by atoms with Crippen LogP contribution < -0.4 is 4.74 Å². The zero-order valence-electron chi connectivity index (χ0n) is 15.2. The molecule has 0 saturated heterocycles. The van der Waals surface area contributed by atoms with Gasteiger partial charge in [-0.15, -0.1) is 0 Å². The van der Waals surface area contributed by atoms with E-state index in [1.54, 1.807) is 13.0 Å². The lowest BCUT2D eigenvalue weighted by Gasteiger charge is -2.18. The van der Waals surface area contributed by atoms with Crippen LogP contribution in [0.3, 0.4) is 0 Å². The second-order valence-corrected chi connectivity index (χ2v) is 6.36. The van der Waals surface area contributed by atoms with E-state index in [0.29, 0.717) is 31.7 Å². The highest BCUT2D eigenvalue weighted by Gasteiger charge is 2.25. The number of amides is 1. The molecule has 0 spiro atoms. The van der Waals surface area contributed by atoms with Crippen molar-refractivity contribution in [1.29, 1.82) is 0 Å². The van der Waals surface area contributed by atoms with Gasteiger partial charge in [-0.1, -0.05) is 18.2 Å². The summed E-state index contributed by atoms with van der Waals surface area (Å²) in [6.07, 6.45) is 1.31. The van der Waals surface area contributed by atoms with Crippen molar-refractivity contribution in [3.05, 3.63) is 65.0 Å². The molecular formula is C21H22FNO4. The molecule has 2 aromatic rings. The second-order valence-electron chi connectivity index (χ2n) is 6.36. The minimum Gasteiger partial charge on any atom is -0.489 e. The van der Waals surface area contributed by atoms with Crippen LogP contribution in [-0.4, -0.2) is 36.5 Å². The first-order chi connectivity index (χ1) is 13.1. The number of nitrogens with zero attached hydrogens (tertiary/aromatic N) is 1. The number of benzene rings is 2. The molecule has 27 heavy (non-hydrogen) atoms. The van der Waals surface area contributed by atoms with Crippen LogP contribution in [0, 0.1) is 5.82 Å². The van der Waals surface area contributed by atoms with E-state index in [1.165, 1.54) is 17.0 Å². The monoisotopic (exact) mass is 371 g/mol. The van der Waals surface area contributed by atoms with Gasteiger partial charge in [-0.3, -0.25) is 4.79 Å². The predicted octanol–water partition coefficient (Wildman–Crippen LogP) is 2.90. The number of esters is 1. The van der Waals surface area contributed by atoms with E-state index in [4.69, 9.17) is 9.47 Å². The first-order valence-corrected chi connectivity index (χ1v) is 9.02. The number of ether oxygens (including phenoxy) is 2. The predicted molar refractivity (Wildman–Crippen MR) is 97.8 cm³/mol. The standard InChI is InChI=1S/C21H22FNO4/c1-2-26-21(25)20(24)23-10-8-16-6-7-19(13-17(16)9-11-23)27-14-15-4-3-5-18(22)12-15/h3-7,12-13H,2,8-11,14H2,1H3. The zero-order valence-corrected chi connectivity index (χ0v) is 15.2. The van der Waals surface area contributed by atoms with Crippen LogP contribution in [0.5, 0.6) is 5.75 Å². The Bertz CT molecular complexity index is 837. The molecule has 6 heteroatoms. The minimum atomic E-state index is -0.803. The van der Waals surface area contributed by atoms with Gasteiger partial charge in [-0.2, -0.15) is 0 Å². The van der Waals surface area contributed by atoms with Gasteiger partial charge in [-0.05, 0) is 60.7 Å². The van der Waals surface area contributed by atoms with E-state index in [1.807, 2.05) is 24.3 Å².